The molecule has 4 rings (SSSR count). The van der Waals surface area contributed by atoms with Gasteiger partial charge >= 0.3 is 6.18 Å². The molecule has 154 valence electrons. The van der Waals surface area contributed by atoms with Gasteiger partial charge in [-0.15, -0.1) is 0 Å². The molecule has 1 aliphatic rings. The summed E-state index contributed by atoms with van der Waals surface area (Å²) in [6, 6.07) is 18.1. The fourth-order valence-corrected chi connectivity index (χ4v) is 3.73. The minimum Gasteiger partial charge on any atom is -0.299 e. The van der Waals surface area contributed by atoms with Crippen LogP contribution in [0.2, 0.25) is 0 Å². The van der Waals surface area contributed by atoms with E-state index >= 15 is 0 Å². The third-order valence-electron chi connectivity index (χ3n) is 5.54. The van der Waals surface area contributed by atoms with E-state index in [1.54, 1.807) is 18.3 Å². The summed E-state index contributed by atoms with van der Waals surface area (Å²) in [6.07, 6.45) is 3.31. The van der Waals surface area contributed by atoms with E-state index in [2.05, 4.69) is 46.3 Å². The Labute approximate surface area is 174 Å². The first-order valence-corrected chi connectivity index (χ1v) is 10.1. The molecule has 5 heteroatoms. The molecule has 1 aliphatic heterocycles. The first-order chi connectivity index (χ1) is 14.5. The summed E-state index contributed by atoms with van der Waals surface area (Å²) in [7, 11) is 0. The van der Waals surface area contributed by atoms with Crippen molar-refractivity contribution in [3.05, 3.63) is 95.8 Å². The zero-order chi connectivity index (χ0) is 21.0. The molecule has 0 bridgehead atoms. The van der Waals surface area contributed by atoms with Crippen molar-refractivity contribution >= 4 is 5.57 Å². The van der Waals surface area contributed by atoms with Gasteiger partial charge in [0.2, 0.25) is 0 Å². The van der Waals surface area contributed by atoms with Crippen molar-refractivity contribution in [1.29, 1.82) is 0 Å². The zero-order valence-corrected chi connectivity index (χ0v) is 16.6. The molecular weight excluding hydrogens is 385 g/mol. The van der Waals surface area contributed by atoms with Crippen molar-refractivity contribution in [2.45, 2.75) is 19.0 Å². The summed E-state index contributed by atoms with van der Waals surface area (Å²) >= 11 is 0. The Hall–Kier alpha value is -2.92. The summed E-state index contributed by atoms with van der Waals surface area (Å²) < 4.78 is 38.2. The van der Waals surface area contributed by atoms with Crippen molar-refractivity contribution in [1.82, 2.24) is 9.88 Å². The maximum Gasteiger partial charge on any atom is 0.416 e. The molecule has 1 aromatic heterocycles. The molecule has 0 fully saturated rings. The second kappa shape index (κ2) is 8.84. The number of benzene rings is 2. The van der Waals surface area contributed by atoms with Gasteiger partial charge < -0.3 is 0 Å². The lowest BCUT2D eigenvalue weighted by atomic mass is 9.98. The molecule has 2 heterocycles. The van der Waals surface area contributed by atoms with Crippen LogP contribution in [0.5, 0.6) is 0 Å². The van der Waals surface area contributed by atoms with Gasteiger partial charge in [0.25, 0.3) is 0 Å². The minimum atomic E-state index is -4.29. The van der Waals surface area contributed by atoms with Crippen LogP contribution in [0.1, 0.15) is 23.1 Å². The fraction of sp³-hybridized carbons (Fsp3) is 0.240. The number of alkyl halides is 3. The summed E-state index contributed by atoms with van der Waals surface area (Å²) in [5.74, 6) is 0. The van der Waals surface area contributed by atoms with E-state index in [9.17, 15) is 13.2 Å². The molecule has 0 unspecified atom stereocenters. The molecule has 0 atom stereocenters. The van der Waals surface area contributed by atoms with E-state index in [4.69, 9.17) is 0 Å². The van der Waals surface area contributed by atoms with Crippen molar-refractivity contribution in [3.63, 3.8) is 0 Å². The van der Waals surface area contributed by atoms with Crippen LogP contribution in [0, 0.1) is 0 Å². The van der Waals surface area contributed by atoms with Crippen LogP contribution in [0.4, 0.5) is 13.2 Å². The van der Waals surface area contributed by atoms with Gasteiger partial charge in [0.05, 0.1) is 5.56 Å². The van der Waals surface area contributed by atoms with E-state index in [0.717, 1.165) is 66.9 Å². The van der Waals surface area contributed by atoms with E-state index in [1.165, 1.54) is 5.56 Å². The number of pyridine rings is 1. The van der Waals surface area contributed by atoms with E-state index < -0.39 is 11.7 Å². The van der Waals surface area contributed by atoms with Crippen LogP contribution in [0.25, 0.3) is 16.7 Å². The van der Waals surface area contributed by atoms with Gasteiger partial charge in [0.1, 0.15) is 0 Å². The summed E-state index contributed by atoms with van der Waals surface area (Å²) in [4.78, 5) is 6.54. The molecule has 30 heavy (non-hydrogen) atoms. The van der Waals surface area contributed by atoms with E-state index in [-0.39, 0.29) is 0 Å². The Balaban J connectivity index is 1.31. The van der Waals surface area contributed by atoms with Gasteiger partial charge in [0.15, 0.2) is 0 Å². The highest BCUT2D eigenvalue weighted by Crippen LogP contribution is 2.31. The highest BCUT2D eigenvalue weighted by atomic mass is 19.4. The molecule has 0 N–H and O–H groups in total. The summed E-state index contributed by atoms with van der Waals surface area (Å²) in [5, 5.41) is 0. The molecule has 2 nitrogen and oxygen atoms in total. The normalized spacial score (nSPS) is 15.1. The van der Waals surface area contributed by atoms with Crippen LogP contribution in [0.3, 0.4) is 0 Å². The topological polar surface area (TPSA) is 16.1 Å². The van der Waals surface area contributed by atoms with Crippen LogP contribution in [0.15, 0.2) is 79.1 Å². The third-order valence-corrected chi connectivity index (χ3v) is 5.54. The molecule has 0 amide bonds. The van der Waals surface area contributed by atoms with Gasteiger partial charge in [-0.05, 0) is 58.9 Å². The Morgan fingerprint density at radius 2 is 1.60 bits per heavy atom. The molecule has 0 spiro atoms. The predicted molar refractivity (Wildman–Crippen MR) is 114 cm³/mol. The third kappa shape index (κ3) is 4.97. The van der Waals surface area contributed by atoms with E-state index in [0.29, 0.717) is 0 Å². The van der Waals surface area contributed by atoms with Crippen molar-refractivity contribution in [3.8, 4) is 11.1 Å². The van der Waals surface area contributed by atoms with Crippen molar-refractivity contribution < 1.29 is 13.2 Å². The van der Waals surface area contributed by atoms with Crippen LogP contribution < -0.4 is 0 Å². The first-order valence-electron chi connectivity index (χ1n) is 10.1. The number of aromatic nitrogens is 1. The average Bonchev–Trinajstić information content (AvgIpc) is 2.78. The number of hydrogen-bond acceptors (Lipinski definition) is 2. The standard InChI is InChI=1S/C25H23F3N2/c26-25(27,28)24-9-7-20(8-10-24)22-12-16-30(17-13-22)15-11-19-3-5-21(6-4-19)23-2-1-14-29-18-23/h1-10,12,14,18H,11,13,15-17H2. The van der Waals surface area contributed by atoms with Crippen molar-refractivity contribution in [2.24, 2.45) is 0 Å². The fourth-order valence-electron chi connectivity index (χ4n) is 3.73. The lowest BCUT2D eigenvalue weighted by molar-refractivity contribution is -0.137. The zero-order valence-electron chi connectivity index (χ0n) is 16.6. The highest BCUT2D eigenvalue weighted by molar-refractivity contribution is 5.67. The molecular formula is C25H23F3N2. The molecule has 0 aliphatic carbocycles. The monoisotopic (exact) mass is 408 g/mol. The Bertz CT molecular complexity index is 991. The van der Waals surface area contributed by atoms with Crippen molar-refractivity contribution in [2.75, 3.05) is 19.6 Å². The number of hydrogen-bond donors (Lipinski definition) is 0. The highest BCUT2D eigenvalue weighted by Gasteiger charge is 2.30. The van der Waals surface area contributed by atoms with Gasteiger partial charge in [-0.3, -0.25) is 9.88 Å². The molecule has 0 saturated heterocycles. The average molecular weight is 408 g/mol. The van der Waals surface area contributed by atoms with Gasteiger partial charge in [-0.1, -0.05) is 48.5 Å². The lowest BCUT2D eigenvalue weighted by Crippen LogP contribution is -2.30. The second-order valence-electron chi connectivity index (χ2n) is 7.54. The largest absolute Gasteiger partial charge is 0.416 e. The predicted octanol–water partition coefficient (Wildman–Crippen LogP) is 6.10. The molecule has 0 saturated carbocycles. The number of nitrogens with zero attached hydrogens (tertiary/aromatic N) is 2. The molecule has 0 radical (unpaired) electrons. The van der Waals surface area contributed by atoms with Gasteiger partial charge in [0, 0.05) is 32.0 Å². The second-order valence-corrected chi connectivity index (χ2v) is 7.54. The molecule has 3 aromatic rings. The minimum absolute atomic E-state index is 0.598. The Morgan fingerprint density at radius 1 is 0.867 bits per heavy atom. The number of halogens is 3. The molecule has 2 aromatic carbocycles. The van der Waals surface area contributed by atoms with Crippen LogP contribution in [-0.4, -0.2) is 29.5 Å². The van der Waals surface area contributed by atoms with Crippen LogP contribution in [-0.2, 0) is 12.6 Å². The number of rotatable bonds is 5. The quantitative estimate of drug-likeness (QED) is 0.507. The Morgan fingerprint density at radius 3 is 2.20 bits per heavy atom. The maximum absolute atomic E-state index is 12.7. The van der Waals surface area contributed by atoms with Gasteiger partial charge in [-0.2, -0.15) is 13.2 Å². The van der Waals surface area contributed by atoms with Crippen LogP contribution >= 0.6 is 0 Å². The summed E-state index contributed by atoms with van der Waals surface area (Å²) in [6.45, 7) is 2.70. The SMILES string of the molecule is FC(F)(F)c1ccc(C2=CCN(CCc3ccc(-c4cccnc4)cc3)CC2)cc1. The maximum atomic E-state index is 12.7. The Kier molecular flexibility index (Phi) is 6.00. The van der Waals surface area contributed by atoms with Gasteiger partial charge in [-0.25, -0.2) is 0 Å². The smallest absolute Gasteiger partial charge is 0.299 e. The van der Waals surface area contributed by atoms with E-state index in [1.807, 2.05) is 12.3 Å². The lowest BCUT2D eigenvalue weighted by Gasteiger charge is -2.26. The summed E-state index contributed by atoms with van der Waals surface area (Å²) in [5.41, 5.74) is 4.98. The first kappa shape index (κ1) is 20.4.